The highest BCUT2D eigenvalue weighted by Gasteiger charge is 2.31. The van der Waals surface area contributed by atoms with Gasteiger partial charge in [0.15, 0.2) is 0 Å². The van der Waals surface area contributed by atoms with Crippen LogP contribution in [0.25, 0.3) is 0 Å². The molecule has 1 aliphatic heterocycles. The zero-order chi connectivity index (χ0) is 28.1. The minimum absolute atomic E-state index is 0.00992. The number of phenols is 1. The lowest BCUT2D eigenvalue weighted by Crippen LogP contribution is -2.57. The third kappa shape index (κ3) is 10.3. The maximum atomic E-state index is 13.2. The Kier molecular flexibility index (Phi) is 12.5. The normalized spacial score (nSPS) is 17.1. The summed E-state index contributed by atoms with van der Waals surface area (Å²) in [6.45, 7) is 1.11. The average Bonchev–Trinajstić information content (AvgIpc) is 3.41. The molecule has 210 valence electrons. The Hall–Kier alpha value is -3.71. The van der Waals surface area contributed by atoms with E-state index in [1.54, 1.807) is 0 Å². The van der Waals surface area contributed by atoms with Crippen molar-refractivity contribution in [3.05, 3.63) is 29.8 Å². The van der Waals surface area contributed by atoms with E-state index in [0.717, 1.165) is 6.42 Å². The van der Waals surface area contributed by atoms with E-state index in [9.17, 15) is 34.2 Å². The molecule has 1 heterocycles. The third-order valence-corrected chi connectivity index (χ3v) is 6.26. The van der Waals surface area contributed by atoms with E-state index in [0.29, 0.717) is 37.9 Å². The van der Waals surface area contributed by atoms with E-state index in [4.69, 9.17) is 11.5 Å². The molecule has 1 aromatic rings. The molecule has 0 aliphatic carbocycles. The smallest absolute Gasteiger partial charge is 0.326 e. The number of nitrogens with two attached hydrogens (primary N) is 2. The van der Waals surface area contributed by atoms with Gasteiger partial charge >= 0.3 is 5.97 Å². The molecule has 1 aliphatic rings. The van der Waals surface area contributed by atoms with Crippen LogP contribution in [0.2, 0.25) is 0 Å². The number of unbranched alkanes of at least 4 members (excludes halogenated alkanes) is 1. The van der Waals surface area contributed by atoms with Gasteiger partial charge in [-0.1, -0.05) is 12.1 Å². The van der Waals surface area contributed by atoms with Crippen molar-refractivity contribution in [3.63, 3.8) is 0 Å². The molecule has 0 spiro atoms. The number of carboxylic acids is 1. The first-order valence-electron chi connectivity index (χ1n) is 12.7. The number of phenolic OH excluding ortho intramolecular Hbond substituents is 1. The van der Waals surface area contributed by atoms with E-state index in [-0.39, 0.29) is 37.3 Å². The summed E-state index contributed by atoms with van der Waals surface area (Å²) in [6.07, 6.45) is 2.48. The fraction of sp³-hybridized carbons (Fsp3) is 0.560. The molecule has 10 N–H and O–H groups in total. The predicted octanol–water partition coefficient (Wildman–Crippen LogP) is -1.38. The molecule has 1 fully saturated rings. The maximum Gasteiger partial charge on any atom is 0.326 e. The molecule has 13 heteroatoms. The van der Waals surface area contributed by atoms with E-state index < -0.39 is 47.9 Å². The molecule has 13 nitrogen and oxygen atoms in total. The quantitative estimate of drug-likeness (QED) is 0.117. The van der Waals surface area contributed by atoms with Crippen LogP contribution in [-0.4, -0.2) is 77.1 Å². The second kappa shape index (κ2) is 15.5. The molecule has 2 rings (SSSR count). The first kappa shape index (κ1) is 30.5. The summed E-state index contributed by atoms with van der Waals surface area (Å²) in [4.78, 5) is 62.1. The molecule has 4 atom stereocenters. The number of amides is 4. The molecule has 0 saturated carbocycles. The molecule has 0 bridgehead atoms. The van der Waals surface area contributed by atoms with Gasteiger partial charge in [0.05, 0.1) is 6.04 Å². The average molecular weight is 535 g/mol. The number of hydrogen-bond donors (Lipinski definition) is 8. The fourth-order valence-corrected chi connectivity index (χ4v) is 4.11. The summed E-state index contributed by atoms with van der Waals surface area (Å²) in [6, 6.07) is 1.87. The zero-order valence-corrected chi connectivity index (χ0v) is 21.3. The molecule has 4 amide bonds. The minimum Gasteiger partial charge on any atom is -0.508 e. The van der Waals surface area contributed by atoms with Gasteiger partial charge in [-0.25, -0.2) is 4.79 Å². The van der Waals surface area contributed by atoms with Crippen LogP contribution in [0.3, 0.4) is 0 Å². The fourth-order valence-electron chi connectivity index (χ4n) is 4.11. The summed E-state index contributed by atoms with van der Waals surface area (Å²) in [5.74, 6) is -3.76. The van der Waals surface area contributed by atoms with Crippen LogP contribution in [0.5, 0.6) is 5.75 Å². The number of primary amides is 1. The highest BCUT2D eigenvalue weighted by atomic mass is 16.4. The first-order valence-corrected chi connectivity index (χ1v) is 12.7. The molecule has 0 aromatic heterocycles. The van der Waals surface area contributed by atoms with Crippen molar-refractivity contribution in [1.29, 1.82) is 0 Å². The number of nitrogens with one attached hydrogen (secondary N) is 4. The standard InChI is InChI=1S/C25H38N6O7/c26-12-2-1-4-18(29-22(34)17-5-3-13-28-17)23(35)30-19(10-11-21(27)33)24(36)31-20(25(37)38)14-15-6-8-16(32)9-7-15/h6-9,17-20,28,32H,1-5,10-14,26H2,(H2,27,33)(H,29,34)(H,30,35)(H,31,36)(H,37,38)/t17-,18-,19-,20-/m0/s1. The van der Waals surface area contributed by atoms with Crippen molar-refractivity contribution in [1.82, 2.24) is 21.3 Å². The molecule has 1 saturated heterocycles. The van der Waals surface area contributed by atoms with Crippen molar-refractivity contribution in [3.8, 4) is 5.75 Å². The second-order valence-electron chi connectivity index (χ2n) is 9.33. The molecule has 38 heavy (non-hydrogen) atoms. The van der Waals surface area contributed by atoms with Gasteiger partial charge in [0.25, 0.3) is 0 Å². The van der Waals surface area contributed by atoms with Crippen LogP contribution in [0.15, 0.2) is 24.3 Å². The van der Waals surface area contributed by atoms with Crippen molar-refractivity contribution >= 4 is 29.6 Å². The zero-order valence-electron chi connectivity index (χ0n) is 21.3. The predicted molar refractivity (Wildman–Crippen MR) is 138 cm³/mol. The first-order chi connectivity index (χ1) is 18.1. The van der Waals surface area contributed by atoms with Crippen LogP contribution in [-0.2, 0) is 30.4 Å². The molecular weight excluding hydrogens is 496 g/mol. The lowest BCUT2D eigenvalue weighted by atomic mass is 10.0. The number of carboxylic acid groups (broad SMARTS) is 1. The molecule has 0 radical (unpaired) electrons. The lowest BCUT2D eigenvalue weighted by molar-refractivity contribution is -0.142. The number of hydrogen-bond acceptors (Lipinski definition) is 8. The summed E-state index contributed by atoms with van der Waals surface area (Å²) >= 11 is 0. The SMILES string of the molecule is NCCCC[C@H](NC(=O)[C@@H]1CCCN1)C(=O)N[C@@H](CCC(N)=O)C(=O)N[C@@H](Cc1ccc(O)cc1)C(=O)O. The van der Waals surface area contributed by atoms with Crippen LogP contribution < -0.4 is 32.7 Å². The van der Waals surface area contributed by atoms with Gasteiger partial charge in [0, 0.05) is 12.8 Å². The van der Waals surface area contributed by atoms with Crippen molar-refractivity contribution in [2.75, 3.05) is 13.1 Å². The largest absolute Gasteiger partial charge is 0.508 e. The Labute approximate surface area is 221 Å². The van der Waals surface area contributed by atoms with E-state index >= 15 is 0 Å². The van der Waals surface area contributed by atoms with Crippen molar-refractivity contribution in [2.45, 2.75) is 75.5 Å². The van der Waals surface area contributed by atoms with Gasteiger partial charge < -0.3 is 42.9 Å². The third-order valence-electron chi connectivity index (χ3n) is 6.26. The second-order valence-corrected chi connectivity index (χ2v) is 9.33. The van der Waals surface area contributed by atoms with Gasteiger partial charge in [-0.3, -0.25) is 19.2 Å². The molecule has 0 unspecified atom stereocenters. The topological polar surface area (TPSA) is 226 Å². The van der Waals surface area contributed by atoms with Gasteiger partial charge in [0.2, 0.25) is 23.6 Å². The maximum absolute atomic E-state index is 13.2. The van der Waals surface area contributed by atoms with E-state index in [1.807, 2.05) is 0 Å². The number of benzene rings is 1. The molecule has 1 aromatic carbocycles. The Balaban J connectivity index is 2.13. The summed E-state index contributed by atoms with van der Waals surface area (Å²) in [7, 11) is 0. The van der Waals surface area contributed by atoms with Crippen LogP contribution >= 0.6 is 0 Å². The highest BCUT2D eigenvalue weighted by molar-refractivity contribution is 5.94. The van der Waals surface area contributed by atoms with Crippen molar-refractivity contribution in [2.24, 2.45) is 11.5 Å². The van der Waals surface area contributed by atoms with Gasteiger partial charge in [-0.15, -0.1) is 0 Å². The Morgan fingerprint density at radius 3 is 2.13 bits per heavy atom. The summed E-state index contributed by atoms with van der Waals surface area (Å²) in [5, 5.41) is 29.8. The van der Waals surface area contributed by atoms with Crippen LogP contribution in [0.4, 0.5) is 0 Å². The summed E-state index contributed by atoms with van der Waals surface area (Å²) in [5.41, 5.74) is 11.3. The van der Waals surface area contributed by atoms with Gasteiger partial charge in [-0.05, 0) is 69.3 Å². The number of carbonyl (C=O) groups is 5. The van der Waals surface area contributed by atoms with E-state index in [2.05, 4.69) is 21.3 Å². The van der Waals surface area contributed by atoms with Crippen LogP contribution in [0.1, 0.15) is 50.5 Å². The monoisotopic (exact) mass is 534 g/mol. The minimum atomic E-state index is -1.34. The van der Waals surface area contributed by atoms with Gasteiger partial charge in [-0.2, -0.15) is 0 Å². The van der Waals surface area contributed by atoms with Crippen molar-refractivity contribution < 1.29 is 34.2 Å². The Bertz CT molecular complexity index is 965. The number of rotatable bonds is 16. The van der Waals surface area contributed by atoms with E-state index in [1.165, 1.54) is 24.3 Å². The Morgan fingerprint density at radius 2 is 1.58 bits per heavy atom. The highest BCUT2D eigenvalue weighted by Crippen LogP contribution is 2.12. The Morgan fingerprint density at radius 1 is 0.947 bits per heavy atom. The number of aliphatic carboxylic acids is 1. The van der Waals surface area contributed by atoms with Gasteiger partial charge in [0.1, 0.15) is 23.9 Å². The lowest BCUT2D eigenvalue weighted by Gasteiger charge is -2.25. The summed E-state index contributed by atoms with van der Waals surface area (Å²) < 4.78 is 0. The van der Waals surface area contributed by atoms with Crippen LogP contribution in [0, 0.1) is 0 Å². The number of carbonyl (C=O) groups excluding carboxylic acids is 4. The molecular formula is C25H38N6O7. The number of aromatic hydroxyl groups is 1.